The minimum atomic E-state index is -0.306. The number of benzene rings is 1. The Morgan fingerprint density at radius 3 is 2.62 bits per heavy atom. The van der Waals surface area contributed by atoms with E-state index in [1.807, 2.05) is 30.5 Å². The minimum absolute atomic E-state index is 0.0918. The molecule has 0 spiro atoms. The Labute approximate surface area is 185 Å². The van der Waals surface area contributed by atoms with E-state index in [2.05, 4.69) is 21.3 Å². The Hall–Kier alpha value is -3.43. The zero-order chi connectivity index (χ0) is 22.2. The van der Waals surface area contributed by atoms with Crippen molar-refractivity contribution >= 4 is 35.2 Å². The molecule has 9 nitrogen and oxygen atoms in total. The number of imide groups is 1. The number of carbonyl (C=O) groups excluding carboxylic acids is 3. The van der Waals surface area contributed by atoms with Gasteiger partial charge in [0.15, 0.2) is 0 Å². The number of hydrogen-bond donors (Lipinski definition) is 2. The number of carbonyl (C=O) groups is 3. The van der Waals surface area contributed by atoms with Gasteiger partial charge in [0.05, 0.1) is 25.3 Å². The number of hydrogen-bond acceptors (Lipinski definition) is 5. The maximum Gasteiger partial charge on any atom is 0.327 e. The molecule has 0 bridgehead atoms. The second kappa shape index (κ2) is 8.25. The number of aromatic amines is 1. The molecular weight excluding hydrogens is 410 g/mol. The number of aromatic nitrogens is 1. The molecule has 2 fully saturated rings. The van der Waals surface area contributed by atoms with Crippen LogP contribution in [0.3, 0.4) is 0 Å². The second-order valence-corrected chi connectivity index (χ2v) is 8.36. The Morgan fingerprint density at radius 1 is 1.06 bits per heavy atom. The summed E-state index contributed by atoms with van der Waals surface area (Å²) in [4.78, 5) is 45.1. The highest BCUT2D eigenvalue weighted by atomic mass is 16.5. The molecular formula is C23H25N5O4. The van der Waals surface area contributed by atoms with Crippen molar-refractivity contribution in [1.82, 2.24) is 19.7 Å². The van der Waals surface area contributed by atoms with Gasteiger partial charge in [-0.25, -0.2) is 4.79 Å². The third-order valence-corrected chi connectivity index (χ3v) is 6.01. The van der Waals surface area contributed by atoms with Crippen LogP contribution in [0.1, 0.15) is 22.4 Å². The Morgan fingerprint density at radius 2 is 1.88 bits per heavy atom. The molecule has 0 aliphatic carbocycles. The molecule has 2 aromatic rings. The highest BCUT2D eigenvalue weighted by Gasteiger charge is 2.34. The molecule has 0 unspecified atom stereocenters. The highest BCUT2D eigenvalue weighted by Crippen LogP contribution is 2.34. The summed E-state index contributed by atoms with van der Waals surface area (Å²) in [7, 11) is 1.61. The minimum Gasteiger partial charge on any atom is -0.379 e. The van der Waals surface area contributed by atoms with Crippen LogP contribution < -0.4 is 5.32 Å². The maximum absolute atomic E-state index is 12.6. The molecule has 9 heteroatoms. The topological polar surface area (TPSA) is 98.0 Å². The van der Waals surface area contributed by atoms with E-state index >= 15 is 0 Å². The third kappa shape index (κ3) is 3.92. The molecule has 1 aromatic carbocycles. The fourth-order valence-corrected chi connectivity index (χ4v) is 4.29. The molecule has 166 valence electrons. The number of morpholine rings is 1. The summed E-state index contributed by atoms with van der Waals surface area (Å²) in [6.45, 7) is 4.45. The van der Waals surface area contributed by atoms with Gasteiger partial charge in [-0.2, -0.15) is 0 Å². The van der Waals surface area contributed by atoms with Crippen LogP contribution >= 0.6 is 0 Å². The molecule has 1 aromatic heterocycles. The van der Waals surface area contributed by atoms with Gasteiger partial charge < -0.3 is 19.9 Å². The molecule has 2 saturated heterocycles. The number of nitrogens with one attached hydrogen (secondary N) is 2. The van der Waals surface area contributed by atoms with Crippen LogP contribution in [0.2, 0.25) is 0 Å². The number of likely N-dealkylation sites (N-methyl/N-ethyl adjacent to an activating group) is 1. The number of amides is 4. The highest BCUT2D eigenvalue weighted by molar-refractivity contribution is 6.34. The molecule has 3 aliphatic rings. The smallest absolute Gasteiger partial charge is 0.327 e. The van der Waals surface area contributed by atoms with Crippen molar-refractivity contribution in [3.63, 3.8) is 0 Å². The van der Waals surface area contributed by atoms with Gasteiger partial charge >= 0.3 is 6.03 Å². The first kappa shape index (κ1) is 20.5. The van der Waals surface area contributed by atoms with Gasteiger partial charge in [-0.05, 0) is 35.4 Å². The van der Waals surface area contributed by atoms with Crippen molar-refractivity contribution in [2.24, 2.45) is 0 Å². The molecule has 2 N–H and O–H groups in total. The fraction of sp³-hybridized carbons (Fsp3) is 0.348. The number of anilines is 1. The molecule has 3 aliphatic heterocycles. The molecule has 32 heavy (non-hydrogen) atoms. The second-order valence-electron chi connectivity index (χ2n) is 8.36. The van der Waals surface area contributed by atoms with Gasteiger partial charge in [0.1, 0.15) is 6.54 Å². The van der Waals surface area contributed by atoms with E-state index in [-0.39, 0.29) is 30.9 Å². The van der Waals surface area contributed by atoms with Crippen molar-refractivity contribution in [2.45, 2.75) is 13.1 Å². The predicted octanol–water partition coefficient (Wildman–Crippen LogP) is 1.73. The molecule has 4 amide bonds. The fourth-order valence-electron chi connectivity index (χ4n) is 4.29. The van der Waals surface area contributed by atoms with Crippen LogP contribution in [0, 0.1) is 0 Å². The van der Waals surface area contributed by atoms with E-state index in [9.17, 15) is 14.4 Å². The Kier molecular flexibility index (Phi) is 5.28. The Bertz CT molecular complexity index is 1120. The van der Waals surface area contributed by atoms with Crippen LogP contribution in [0.25, 0.3) is 11.6 Å². The van der Waals surface area contributed by atoms with Crippen LogP contribution in [0.4, 0.5) is 10.5 Å². The van der Waals surface area contributed by atoms with Crippen LogP contribution in [0.15, 0.2) is 30.5 Å². The van der Waals surface area contributed by atoms with Gasteiger partial charge in [-0.15, -0.1) is 0 Å². The van der Waals surface area contributed by atoms with Crippen molar-refractivity contribution < 1.29 is 19.1 Å². The number of fused-ring (bicyclic) bond motifs is 1. The quantitative estimate of drug-likeness (QED) is 0.551. The number of rotatable bonds is 5. The molecule has 0 radical (unpaired) electrons. The number of H-pyrrole nitrogens is 1. The summed E-state index contributed by atoms with van der Waals surface area (Å²) in [6.07, 6.45) is 3.81. The molecule has 5 rings (SSSR count). The molecule has 4 heterocycles. The first-order chi connectivity index (χ1) is 15.5. The number of nitrogens with zero attached hydrogens (tertiary/aromatic N) is 3. The first-order valence-electron chi connectivity index (χ1n) is 10.7. The zero-order valence-electron chi connectivity index (χ0n) is 17.9. The van der Waals surface area contributed by atoms with Crippen molar-refractivity contribution in [1.29, 1.82) is 0 Å². The Balaban J connectivity index is 1.36. The van der Waals surface area contributed by atoms with Crippen molar-refractivity contribution in [3.8, 4) is 0 Å². The summed E-state index contributed by atoms with van der Waals surface area (Å²) in [5, 5.41) is 2.89. The van der Waals surface area contributed by atoms with Crippen LogP contribution in [0.5, 0.6) is 0 Å². The van der Waals surface area contributed by atoms with Gasteiger partial charge in [-0.3, -0.25) is 19.4 Å². The summed E-state index contributed by atoms with van der Waals surface area (Å²) in [5.74, 6) is -0.392. The standard InChI is InChI=1S/C23H25N5O4/c1-26-14-21(29)28(23(26)31)13-15-2-3-20-18(9-15)19(22(30)25-20)10-17-8-16(11-24-17)12-27-4-6-32-7-5-27/h2-3,8-11,24H,4-7,12-14H2,1H3,(H,25,30). The largest absolute Gasteiger partial charge is 0.379 e. The van der Waals surface area contributed by atoms with E-state index in [4.69, 9.17) is 4.74 Å². The lowest BCUT2D eigenvalue weighted by Crippen LogP contribution is -2.35. The van der Waals surface area contributed by atoms with Gasteiger partial charge in [-0.1, -0.05) is 6.07 Å². The summed E-state index contributed by atoms with van der Waals surface area (Å²) < 4.78 is 5.40. The van der Waals surface area contributed by atoms with Crippen molar-refractivity contribution in [3.05, 3.63) is 52.8 Å². The maximum atomic E-state index is 12.6. The van der Waals surface area contributed by atoms with Gasteiger partial charge in [0.2, 0.25) is 0 Å². The third-order valence-electron chi connectivity index (χ3n) is 6.01. The van der Waals surface area contributed by atoms with E-state index in [1.165, 1.54) is 9.80 Å². The van der Waals surface area contributed by atoms with Crippen LogP contribution in [-0.2, 0) is 27.4 Å². The monoisotopic (exact) mass is 435 g/mol. The first-order valence-corrected chi connectivity index (χ1v) is 10.7. The summed E-state index contributed by atoms with van der Waals surface area (Å²) >= 11 is 0. The summed E-state index contributed by atoms with van der Waals surface area (Å²) in [6, 6.07) is 7.26. The summed E-state index contributed by atoms with van der Waals surface area (Å²) in [5.41, 5.74) is 4.84. The lowest BCUT2D eigenvalue weighted by molar-refractivity contribution is -0.125. The molecule has 0 atom stereocenters. The van der Waals surface area contributed by atoms with Gasteiger partial charge in [0.25, 0.3) is 11.8 Å². The van der Waals surface area contributed by atoms with E-state index in [0.717, 1.165) is 60.9 Å². The van der Waals surface area contributed by atoms with E-state index in [1.54, 1.807) is 7.05 Å². The lowest BCUT2D eigenvalue weighted by atomic mass is 10.0. The van der Waals surface area contributed by atoms with E-state index in [0.29, 0.717) is 5.57 Å². The van der Waals surface area contributed by atoms with Crippen LogP contribution in [-0.4, -0.2) is 77.4 Å². The number of ether oxygens (including phenoxy) is 1. The lowest BCUT2D eigenvalue weighted by Gasteiger charge is -2.25. The average molecular weight is 435 g/mol. The average Bonchev–Trinajstić information content (AvgIpc) is 3.42. The molecule has 0 saturated carbocycles. The normalized spacial score (nSPS) is 20.4. The SMILES string of the molecule is CN1CC(=O)N(Cc2ccc3c(c2)C(=Cc2cc(CN4CCOCC4)c[nH]2)C(=O)N3)C1=O. The number of urea groups is 1. The van der Waals surface area contributed by atoms with Gasteiger partial charge in [0, 0.05) is 49.8 Å². The van der Waals surface area contributed by atoms with Crippen molar-refractivity contribution in [2.75, 3.05) is 45.2 Å². The predicted molar refractivity (Wildman–Crippen MR) is 118 cm³/mol. The van der Waals surface area contributed by atoms with E-state index < -0.39 is 0 Å². The zero-order valence-corrected chi connectivity index (χ0v) is 17.9.